The lowest BCUT2D eigenvalue weighted by molar-refractivity contribution is -0.138. The Morgan fingerprint density at radius 2 is 1.62 bits per heavy atom. The highest BCUT2D eigenvalue weighted by atomic mass is 79.9. The van der Waals surface area contributed by atoms with Crippen LogP contribution < -0.4 is 16.0 Å². The predicted molar refractivity (Wildman–Crippen MR) is 99.2 cm³/mol. The van der Waals surface area contributed by atoms with E-state index in [1.165, 1.54) is 0 Å². The van der Waals surface area contributed by atoms with Crippen LogP contribution in [-0.4, -0.2) is 40.1 Å². The summed E-state index contributed by atoms with van der Waals surface area (Å²) in [6.07, 6.45) is 0. The second-order valence-corrected chi connectivity index (χ2v) is 7.30. The molecule has 8 nitrogen and oxygen atoms in total. The van der Waals surface area contributed by atoms with Crippen molar-refractivity contribution in [2.75, 3.05) is 6.54 Å². The molecule has 5 N–H and O–H groups in total. The Labute approximate surface area is 159 Å². The third-order valence-corrected chi connectivity index (χ3v) is 3.76. The Kier molecular flexibility index (Phi) is 7.63. The van der Waals surface area contributed by atoms with Crippen LogP contribution >= 0.6 is 15.9 Å². The lowest BCUT2D eigenvalue weighted by Gasteiger charge is -2.22. The van der Waals surface area contributed by atoms with Crippen LogP contribution in [0.15, 0.2) is 40.2 Å². The zero-order valence-corrected chi connectivity index (χ0v) is 16.3. The Morgan fingerprint density at radius 3 is 2.15 bits per heavy atom. The summed E-state index contributed by atoms with van der Waals surface area (Å²) in [6, 6.07) is 7.20. The van der Waals surface area contributed by atoms with Crippen molar-refractivity contribution in [1.29, 1.82) is 0 Å². The standard InChI is InChI=1S/C17H22BrN3O5/c1-17(2,3)21-16(26)13(15(25)20-9-12(22)23)14(24)19-8-10-6-4-5-7-11(10)18/h4-7,21,26H,8-9H2,1-3H3,(H,19,24)(H,20,25)(H,22,23)/b16-13-. The first-order chi connectivity index (χ1) is 12.0. The summed E-state index contributed by atoms with van der Waals surface area (Å²) in [5.41, 5.74) is -0.437. The molecule has 0 heterocycles. The van der Waals surface area contributed by atoms with Gasteiger partial charge < -0.3 is 26.2 Å². The van der Waals surface area contributed by atoms with Gasteiger partial charge in [-0.3, -0.25) is 14.4 Å². The molecule has 0 saturated carbocycles. The second-order valence-electron chi connectivity index (χ2n) is 6.45. The van der Waals surface area contributed by atoms with E-state index in [9.17, 15) is 19.5 Å². The number of benzene rings is 1. The van der Waals surface area contributed by atoms with Gasteiger partial charge in [-0.1, -0.05) is 34.1 Å². The topological polar surface area (TPSA) is 128 Å². The first kappa shape index (κ1) is 21.5. The van der Waals surface area contributed by atoms with Crippen molar-refractivity contribution in [3.05, 3.63) is 45.8 Å². The number of aliphatic hydroxyl groups is 1. The fourth-order valence-electron chi connectivity index (χ4n) is 1.89. The Balaban J connectivity index is 3.00. The van der Waals surface area contributed by atoms with Crippen LogP contribution in [0, 0.1) is 0 Å². The van der Waals surface area contributed by atoms with Gasteiger partial charge >= 0.3 is 5.97 Å². The maximum Gasteiger partial charge on any atom is 0.322 e. The molecule has 0 spiro atoms. The van der Waals surface area contributed by atoms with Crippen molar-refractivity contribution < 1.29 is 24.6 Å². The number of amides is 2. The smallest absolute Gasteiger partial charge is 0.322 e. The van der Waals surface area contributed by atoms with E-state index in [2.05, 4.69) is 31.9 Å². The van der Waals surface area contributed by atoms with E-state index in [-0.39, 0.29) is 6.54 Å². The molecule has 0 aliphatic rings. The van der Waals surface area contributed by atoms with E-state index < -0.39 is 41.3 Å². The molecule has 0 saturated heterocycles. The average molecular weight is 428 g/mol. The first-order valence-electron chi connectivity index (χ1n) is 7.74. The first-order valence-corrected chi connectivity index (χ1v) is 8.53. The molecule has 0 unspecified atom stereocenters. The molecule has 0 fully saturated rings. The Hall–Kier alpha value is -2.55. The molecule has 26 heavy (non-hydrogen) atoms. The molecule has 1 aromatic carbocycles. The van der Waals surface area contributed by atoms with Gasteiger partial charge in [-0.15, -0.1) is 0 Å². The van der Waals surface area contributed by atoms with Crippen molar-refractivity contribution in [2.45, 2.75) is 32.9 Å². The number of aliphatic carboxylic acids is 1. The molecule has 0 aromatic heterocycles. The largest absolute Gasteiger partial charge is 0.494 e. The van der Waals surface area contributed by atoms with Gasteiger partial charge in [0.15, 0.2) is 5.57 Å². The maximum absolute atomic E-state index is 12.4. The number of nitrogens with one attached hydrogen (secondary N) is 3. The number of rotatable bonds is 7. The number of carboxylic acids is 1. The van der Waals surface area contributed by atoms with Gasteiger partial charge in [0, 0.05) is 16.6 Å². The number of aliphatic hydroxyl groups excluding tert-OH is 1. The summed E-state index contributed by atoms with van der Waals surface area (Å²) in [4.78, 5) is 35.3. The fourth-order valence-corrected chi connectivity index (χ4v) is 2.31. The van der Waals surface area contributed by atoms with Crippen molar-refractivity contribution in [2.24, 2.45) is 0 Å². The third-order valence-electron chi connectivity index (χ3n) is 2.98. The molecule has 1 aromatic rings. The highest BCUT2D eigenvalue weighted by molar-refractivity contribution is 9.10. The van der Waals surface area contributed by atoms with Gasteiger partial charge in [0.05, 0.1) is 0 Å². The van der Waals surface area contributed by atoms with E-state index in [0.29, 0.717) is 0 Å². The molecule has 0 atom stereocenters. The van der Waals surface area contributed by atoms with Crippen LogP contribution in [0.25, 0.3) is 0 Å². The minimum Gasteiger partial charge on any atom is -0.494 e. The van der Waals surface area contributed by atoms with Gasteiger partial charge in [-0.2, -0.15) is 0 Å². The number of carboxylic acid groups (broad SMARTS) is 1. The zero-order valence-electron chi connectivity index (χ0n) is 14.7. The molecule has 142 valence electrons. The Morgan fingerprint density at radius 1 is 1.04 bits per heavy atom. The van der Waals surface area contributed by atoms with Crippen LogP contribution in [0.5, 0.6) is 0 Å². The summed E-state index contributed by atoms with van der Waals surface area (Å²) in [7, 11) is 0. The molecule has 0 radical (unpaired) electrons. The molecule has 0 bridgehead atoms. The van der Waals surface area contributed by atoms with E-state index in [1.54, 1.807) is 39.0 Å². The molecule has 9 heteroatoms. The minimum atomic E-state index is -1.27. The Bertz CT molecular complexity index is 725. The highest BCUT2D eigenvalue weighted by Crippen LogP contribution is 2.15. The van der Waals surface area contributed by atoms with Crippen LogP contribution in [0.4, 0.5) is 0 Å². The van der Waals surface area contributed by atoms with E-state index >= 15 is 0 Å². The summed E-state index contributed by atoms with van der Waals surface area (Å²) < 4.78 is 0.776. The van der Waals surface area contributed by atoms with Crippen LogP contribution in [-0.2, 0) is 20.9 Å². The number of hydrogen-bond donors (Lipinski definition) is 5. The van der Waals surface area contributed by atoms with Gasteiger partial charge in [-0.05, 0) is 32.4 Å². The van der Waals surface area contributed by atoms with Gasteiger partial charge in [0.2, 0.25) is 5.88 Å². The quantitative estimate of drug-likeness (QED) is 0.194. The minimum absolute atomic E-state index is 0.110. The number of hydrogen-bond acceptors (Lipinski definition) is 5. The normalized spacial score (nSPS) is 12.0. The summed E-state index contributed by atoms with van der Waals surface area (Å²) in [5.74, 6) is -3.73. The lowest BCUT2D eigenvalue weighted by Crippen LogP contribution is -2.42. The van der Waals surface area contributed by atoms with Crippen molar-refractivity contribution in [3.8, 4) is 0 Å². The van der Waals surface area contributed by atoms with E-state index in [4.69, 9.17) is 5.11 Å². The molecular weight excluding hydrogens is 406 g/mol. The van der Waals surface area contributed by atoms with Crippen molar-refractivity contribution >= 4 is 33.7 Å². The SMILES string of the molecule is CC(C)(C)N/C(O)=C(/C(=O)NCC(=O)O)C(=O)NCc1ccccc1Br. The molecule has 0 aliphatic heterocycles. The van der Waals surface area contributed by atoms with E-state index in [0.717, 1.165) is 10.0 Å². The predicted octanol–water partition coefficient (Wildman–Crippen LogP) is 1.42. The van der Waals surface area contributed by atoms with Crippen LogP contribution in [0.3, 0.4) is 0 Å². The molecular formula is C17H22BrN3O5. The summed E-state index contributed by atoms with van der Waals surface area (Å²) >= 11 is 3.35. The zero-order chi connectivity index (χ0) is 19.9. The van der Waals surface area contributed by atoms with E-state index in [1.807, 2.05) is 6.07 Å². The third kappa shape index (κ3) is 7.14. The van der Waals surface area contributed by atoms with Crippen LogP contribution in [0.2, 0.25) is 0 Å². The highest BCUT2D eigenvalue weighted by Gasteiger charge is 2.26. The average Bonchev–Trinajstić information content (AvgIpc) is 2.50. The van der Waals surface area contributed by atoms with Crippen molar-refractivity contribution in [3.63, 3.8) is 0 Å². The van der Waals surface area contributed by atoms with Gasteiger partial charge in [-0.25, -0.2) is 0 Å². The summed E-state index contributed by atoms with van der Waals surface area (Å²) in [6.45, 7) is 4.63. The molecule has 1 rings (SSSR count). The molecule has 2 amide bonds. The molecule has 0 aliphatic carbocycles. The van der Waals surface area contributed by atoms with Crippen molar-refractivity contribution in [1.82, 2.24) is 16.0 Å². The van der Waals surface area contributed by atoms with Gasteiger partial charge in [0.25, 0.3) is 11.8 Å². The van der Waals surface area contributed by atoms with Gasteiger partial charge in [0.1, 0.15) is 6.54 Å². The number of carbonyl (C=O) groups is 3. The van der Waals surface area contributed by atoms with Crippen LogP contribution in [0.1, 0.15) is 26.3 Å². The monoisotopic (exact) mass is 427 g/mol. The summed E-state index contributed by atoms with van der Waals surface area (Å²) in [5, 5.41) is 26.1. The maximum atomic E-state index is 12.4. The lowest BCUT2D eigenvalue weighted by atomic mass is 10.1. The second kappa shape index (κ2) is 9.23. The number of carbonyl (C=O) groups excluding carboxylic acids is 2. The fraction of sp³-hybridized carbons (Fsp3) is 0.353. The number of halogens is 1.